The van der Waals surface area contributed by atoms with Crippen LogP contribution in [0.2, 0.25) is 0 Å². The number of hydrogen-bond acceptors (Lipinski definition) is 5. The van der Waals surface area contributed by atoms with Crippen molar-refractivity contribution < 1.29 is 24.2 Å². The first-order valence-corrected chi connectivity index (χ1v) is 15.8. The third-order valence-electron chi connectivity index (χ3n) is 11.8. The highest BCUT2D eigenvalue weighted by atomic mass is 16.6. The van der Waals surface area contributed by atoms with Crippen LogP contribution in [0.4, 0.5) is 4.79 Å². The smallest absolute Gasteiger partial charge is 0.410 e. The number of amides is 1. The van der Waals surface area contributed by atoms with Gasteiger partial charge in [0.2, 0.25) is 0 Å². The highest BCUT2D eigenvalue weighted by Crippen LogP contribution is 2.68. The Morgan fingerprint density at radius 1 is 1.05 bits per heavy atom. The summed E-state index contributed by atoms with van der Waals surface area (Å²) in [6.45, 7) is 10.1. The van der Waals surface area contributed by atoms with Gasteiger partial charge in [-0.2, -0.15) is 0 Å². The highest BCUT2D eigenvalue weighted by Gasteiger charge is 2.65. The van der Waals surface area contributed by atoms with Crippen LogP contribution < -0.4 is 0 Å². The van der Waals surface area contributed by atoms with E-state index in [2.05, 4.69) is 32.6 Å². The van der Waals surface area contributed by atoms with E-state index in [1.54, 1.807) is 0 Å². The summed E-state index contributed by atoms with van der Waals surface area (Å²) in [5.74, 6) is 1.95. The Labute approximate surface area is 241 Å². The molecule has 40 heavy (non-hydrogen) atoms. The van der Waals surface area contributed by atoms with Gasteiger partial charge in [0.05, 0.1) is 19.1 Å². The van der Waals surface area contributed by atoms with E-state index in [1.807, 2.05) is 30.3 Å². The van der Waals surface area contributed by atoms with E-state index in [9.17, 15) is 14.7 Å². The zero-order valence-electron chi connectivity index (χ0n) is 25.3. The van der Waals surface area contributed by atoms with Crippen LogP contribution in [0, 0.1) is 46.3 Å². The molecule has 4 fully saturated rings. The molecule has 0 heterocycles. The normalized spacial score (nSPS) is 38.6. The van der Waals surface area contributed by atoms with Gasteiger partial charge in [-0.1, -0.05) is 58.0 Å². The molecule has 0 saturated heterocycles. The van der Waals surface area contributed by atoms with Crippen LogP contribution in [-0.4, -0.2) is 47.9 Å². The number of aliphatic hydroxyl groups excluding tert-OH is 1. The molecule has 0 aliphatic heterocycles. The lowest BCUT2D eigenvalue weighted by Crippen LogP contribution is -2.64. The van der Waals surface area contributed by atoms with E-state index in [-0.39, 0.29) is 47.6 Å². The number of carbonyl (C=O) groups is 2. The summed E-state index contributed by atoms with van der Waals surface area (Å²) in [7, 11) is 1.51. The van der Waals surface area contributed by atoms with Gasteiger partial charge in [-0.3, -0.25) is 4.79 Å². The molecule has 9 atom stereocenters. The standard InChI is InChI=1S/C34H51NO5/c1-22(2)16-18-35(32(38)40-21-23-9-7-6-8-10-23)29-20-34(4)27(13-14-28(34)31(37)39-5)26-12-11-24-19-25(36)15-17-33(24,3)30(26)29/h6-10,22,24-30,36H,11-21H2,1-5H3/t24-,25-,26-,27-,28+,29+,30+,33-,34-/m0/s1. The lowest BCUT2D eigenvalue weighted by atomic mass is 9.43. The van der Waals surface area contributed by atoms with E-state index in [4.69, 9.17) is 9.47 Å². The summed E-state index contributed by atoms with van der Waals surface area (Å²) in [6.07, 6.45) is 8.12. The van der Waals surface area contributed by atoms with E-state index >= 15 is 0 Å². The van der Waals surface area contributed by atoms with E-state index in [0.29, 0.717) is 36.1 Å². The van der Waals surface area contributed by atoms with Crippen molar-refractivity contribution in [3.8, 4) is 0 Å². The number of fused-ring (bicyclic) bond motifs is 5. The van der Waals surface area contributed by atoms with Gasteiger partial charge in [-0.15, -0.1) is 0 Å². The zero-order chi connectivity index (χ0) is 28.7. The first kappa shape index (κ1) is 29.4. The number of ether oxygens (including phenoxy) is 2. The van der Waals surface area contributed by atoms with Gasteiger partial charge < -0.3 is 19.5 Å². The third-order valence-corrected chi connectivity index (χ3v) is 11.8. The van der Waals surface area contributed by atoms with Crippen LogP contribution in [0.1, 0.15) is 91.0 Å². The van der Waals surface area contributed by atoms with Gasteiger partial charge in [-0.25, -0.2) is 4.79 Å². The number of aliphatic hydroxyl groups is 1. The molecule has 1 N–H and O–H groups in total. The van der Waals surface area contributed by atoms with E-state index < -0.39 is 0 Å². The Balaban J connectivity index is 1.53. The number of rotatable bonds is 7. The number of hydrogen-bond donors (Lipinski definition) is 1. The van der Waals surface area contributed by atoms with Crippen molar-refractivity contribution in [2.24, 2.45) is 46.3 Å². The van der Waals surface area contributed by atoms with Gasteiger partial charge in [0.25, 0.3) is 0 Å². The Kier molecular flexibility index (Phi) is 8.57. The van der Waals surface area contributed by atoms with Crippen molar-refractivity contribution in [2.75, 3.05) is 13.7 Å². The van der Waals surface area contributed by atoms with Crippen LogP contribution >= 0.6 is 0 Å². The minimum absolute atomic E-state index is 0.00146. The van der Waals surface area contributed by atoms with Crippen molar-refractivity contribution in [3.05, 3.63) is 35.9 Å². The molecule has 1 aromatic carbocycles. The summed E-state index contributed by atoms with van der Waals surface area (Å²) >= 11 is 0. The molecule has 0 radical (unpaired) electrons. The summed E-state index contributed by atoms with van der Waals surface area (Å²) < 4.78 is 11.4. The number of carbonyl (C=O) groups excluding carboxylic acids is 2. The lowest BCUT2D eigenvalue weighted by Gasteiger charge is -2.64. The van der Waals surface area contributed by atoms with Crippen molar-refractivity contribution in [2.45, 2.75) is 104 Å². The van der Waals surface area contributed by atoms with Crippen molar-refractivity contribution in [1.82, 2.24) is 4.90 Å². The summed E-state index contributed by atoms with van der Waals surface area (Å²) in [4.78, 5) is 29.2. The molecular weight excluding hydrogens is 502 g/mol. The molecule has 1 aromatic rings. The Morgan fingerprint density at radius 3 is 2.50 bits per heavy atom. The van der Waals surface area contributed by atoms with Crippen molar-refractivity contribution >= 4 is 12.1 Å². The van der Waals surface area contributed by atoms with Gasteiger partial charge in [-0.05, 0) is 104 Å². The van der Waals surface area contributed by atoms with Crippen LogP contribution in [0.15, 0.2) is 30.3 Å². The predicted octanol–water partition coefficient (Wildman–Crippen LogP) is 6.84. The highest BCUT2D eigenvalue weighted by molar-refractivity contribution is 5.74. The van der Waals surface area contributed by atoms with Crippen LogP contribution in [0.3, 0.4) is 0 Å². The SMILES string of the molecule is COC(=O)[C@H]1CC[C@H]2[C@@H]3CC[C@H]4C[C@@H](O)CC[C@]4(C)[C@H]3[C@H](N(CCC(C)C)C(=O)OCc3ccccc3)C[C@]12C. The van der Waals surface area contributed by atoms with Crippen LogP contribution in [-0.2, 0) is 20.9 Å². The average Bonchev–Trinajstić information content (AvgIpc) is 3.29. The quantitative estimate of drug-likeness (QED) is 0.374. The van der Waals surface area contributed by atoms with Crippen LogP contribution in [0.5, 0.6) is 0 Å². The van der Waals surface area contributed by atoms with Crippen molar-refractivity contribution in [1.29, 1.82) is 0 Å². The second kappa shape index (κ2) is 11.7. The molecule has 4 aliphatic rings. The minimum Gasteiger partial charge on any atom is -0.469 e. The number of benzene rings is 1. The third kappa shape index (κ3) is 5.30. The second-order valence-corrected chi connectivity index (χ2v) is 14.4. The van der Waals surface area contributed by atoms with E-state index in [0.717, 1.165) is 63.4 Å². The molecule has 0 spiro atoms. The molecule has 1 amide bonds. The van der Waals surface area contributed by atoms with Gasteiger partial charge in [0, 0.05) is 12.6 Å². The topological polar surface area (TPSA) is 76.1 Å². The predicted molar refractivity (Wildman–Crippen MR) is 155 cm³/mol. The Hall–Kier alpha value is -2.08. The molecule has 5 rings (SSSR count). The monoisotopic (exact) mass is 553 g/mol. The molecule has 4 aliphatic carbocycles. The summed E-state index contributed by atoms with van der Waals surface area (Å²) in [5.41, 5.74) is 0.847. The Bertz CT molecular complexity index is 1040. The molecule has 222 valence electrons. The first-order chi connectivity index (χ1) is 19.1. The number of nitrogens with zero attached hydrogens (tertiary/aromatic N) is 1. The van der Waals surface area contributed by atoms with Crippen molar-refractivity contribution in [3.63, 3.8) is 0 Å². The first-order valence-electron chi connectivity index (χ1n) is 15.8. The molecule has 6 nitrogen and oxygen atoms in total. The molecule has 0 bridgehead atoms. The molecule has 6 heteroatoms. The fourth-order valence-electron chi connectivity index (χ4n) is 9.79. The van der Waals surface area contributed by atoms with Crippen LogP contribution in [0.25, 0.3) is 0 Å². The molecule has 0 unspecified atom stereocenters. The van der Waals surface area contributed by atoms with Gasteiger partial charge in [0.1, 0.15) is 6.61 Å². The molecule has 4 saturated carbocycles. The number of methoxy groups -OCH3 is 1. The summed E-state index contributed by atoms with van der Waals surface area (Å²) in [5, 5.41) is 10.6. The molecular formula is C34H51NO5. The maximum Gasteiger partial charge on any atom is 0.410 e. The lowest BCUT2D eigenvalue weighted by molar-refractivity contribution is -0.170. The maximum absolute atomic E-state index is 14.1. The van der Waals surface area contributed by atoms with Gasteiger partial charge in [0.15, 0.2) is 0 Å². The maximum atomic E-state index is 14.1. The second-order valence-electron chi connectivity index (χ2n) is 14.4. The van der Waals surface area contributed by atoms with Gasteiger partial charge >= 0.3 is 12.1 Å². The fraction of sp³-hybridized carbons (Fsp3) is 0.765. The zero-order valence-corrected chi connectivity index (χ0v) is 25.3. The fourth-order valence-corrected chi connectivity index (χ4v) is 9.79. The average molecular weight is 554 g/mol. The number of esters is 1. The molecule has 0 aromatic heterocycles. The summed E-state index contributed by atoms with van der Waals surface area (Å²) in [6, 6.07) is 9.91. The Morgan fingerprint density at radius 2 is 1.80 bits per heavy atom. The van der Waals surface area contributed by atoms with E-state index in [1.165, 1.54) is 7.11 Å². The largest absolute Gasteiger partial charge is 0.469 e. The minimum atomic E-state index is -0.232.